The fraction of sp³-hybridized carbons (Fsp3) is 0.667. The number of hydrogen-bond acceptors (Lipinski definition) is 6. The molecule has 0 atom stereocenters. The van der Waals surface area contributed by atoms with Crippen molar-refractivity contribution in [2.75, 3.05) is 39.0 Å². The largest absolute Gasteiger partial charge is 0.464 e. The second-order valence-electron chi connectivity index (χ2n) is 4.97. The average molecular weight is 342 g/mol. The zero-order valence-corrected chi connectivity index (χ0v) is 14.9. The first-order chi connectivity index (χ1) is 11.1. The molecule has 0 aliphatic carbocycles. The summed E-state index contributed by atoms with van der Waals surface area (Å²) in [5.41, 5.74) is 0. The van der Waals surface area contributed by atoms with Crippen LogP contribution in [-0.4, -0.2) is 54.6 Å². The third-order valence-electron chi connectivity index (χ3n) is 3.36. The van der Waals surface area contributed by atoms with Gasteiger partial charge < -0.3 is 9.73 Å². The Hall–Kier alpha value is -1.54. The number of nitrogens with zero attached hydrogens (tertiary/aromatic N) is 3. The van der Waals surface area contributed by atoms with Gasteiger partial charge in [0, 0.05) is 24.3 Å². The molecule has 8 heteroatoms. The van der Waals surface area contributed by atoms with E-state index in [4.69, 9.17) is 4.42 Å². The van der Waals surface area contributed by atoms with E-state index in [9.17, 15) is 10.1 Å². The zero-order valence-electron chi connectivity index (χ0n) is 14.1. The van der Waals surface area contributed by atoms with Crippen LogP contribution >= 0.6 is 11.8 Å². The molecule has 0 fully saturated rings. The van der Waals surface area contributed by atoms with Crippen LogP contribution in [0.1, 0.15) is 25.4 Å². The second kappa shape index (κ2) is 11.1. The molecule has 23 heavy (non-hydrogen) atoms. The molecule has 1 aromatic rings. The Kier molecular flexibility index (Phi) is 9.39. The predicted molar refractivity (Wildman–Crippen MR) is 94.7 cm³/mol. The summed E-state index contributed by atoms with van der Waals surface area (Å²) in [7, 11) is 1.55. The van der Waals surface area contributed by atoms with Crippen molar-refractivity contribution < 1.29 is 9.34 Å². The molecule has 0 saturated heterocycles. The van der Waals surface area contributed by atoms with Gasteiger partial charge in [0.2, 0.25) is 0 Å². The summed E-state index contributed by atoms with van der Waals surface area (Å²) in [6, 6.07) is 4.05. The summed E-state index contributed by atoms with van der Waals surface area (Å²) in [5.74, 6) is 4.01. The summed E-state index contributed by atoms with van der Waals surface area (Å²) in [6.07, 6.45) is 0. The fourth-order valence-electron chi connectivity index (χ4n) is 2.02. The van der Waals surface area contributed by atoms with Crippen LogP contribution in [0.15, 0.2) is 21.5 Å². The predicted octanol–water partition coefficient (Wildman–Crippen LogP) is 2.25. The van der Waals surface area contributed by atoms with Gasteiger partial charge in [0.25, 0.3) is 6.54 Å². The molecule has 0 aromatic carbocycles. The summed E-state index contributed by atoms with van der Waals surface area (Å²) >= 11 is 1.73. The summed E-state index contributed by atoms with van der Waals surface area (Å²) in [6.45, 7) is 7.55. The number of amidine groups is 1. The fourth-order valence-corrected chi connectivity index (χ4v) is 2.77. The average Bonchev–Trinajstić information content (AvgIpc) is 2.98. The summed E-state index contributed by atoms with van der Waals surface area (Å²) in [5, 5.41) is 13.4. The lowest BCUT2D eigenvalue weighted by Gasteiger charge is -2.15. The Bertz CT molecular complexity index is 501. The van der Waals surface area contributed by atoms with Crippen LogP contribution in [0.5, 0.6) is 0 Å². The molecule has 1 aromatic heterocycles. The zero-order chi connectivity index (χ0) is 17.1. The van der Waals surface area contributed by atoms with E-state index < -0.39 is 0 Å². The van der Waals surface area contributed by atoms with Crippen molar-refractivity contribution in [3.05, 3.63) is 33.8 Å². The smallest absolute Gasteiger partial charge is 0.259 e. The molecule has 130 valence electrons. The van der Waals surface area contributed by atoms with Crippen LogP contribution in [0.4, 0.5) is 0 Å². The SMILES string of the molecule is CCN(CC)Cc1ccc(CSCCNC(C[N+](=O)[O-])=NC)o1. The van der Waals surface area contributed by atoms with Gasteiger partial charge >= 0.3 is 0 Å². The number of nitrogens with one attached hydrogen (secondary N) is 1. The lowest BCUT2D eigenvalue weighted by molar-refractivity contribution is -0.463. The lowest BCUT2D eigenvalue weighted by atomic mass is 10.4. The van der Waals surface area contributed by atoms with Crippen molar-refractivity contribution >= 4 is 17.6 Å². The highest BCUT2D eigenvalue weighted by molar-refractivity contribution is 7.98. The summed E-state index contributed by atoms with van der Waals surface area (Å²) in [4.78, 5) is 16.2. The van der Waals surface area contributed by atoms with Crippen LogP contribution in [0, 0.1) is 10.1 Å². The molecular weight excluding hydrogens is 316 g/mol. The van der Waals surface area contributed by atoms with Crippen molar-refractivity contribution in [1.29, 1.82) is 0 Å². The molecule has 0 aliphatic heterocycles. The van der Waals surface area contributed by atoms with Crippen LogP contribution in [0.25, 0.3) is 0 Å². The molecule has 7 nitrogen and oxygen atoms in total. The van der Waals surface area contributed by atoms with Crippen LogP contribution < -0.4 is 5.32 Å². The minimum atomic E-state index is -0.386. The van der Waals surface area contributed by atoms with Gasteiger partial charge in [0.15, 0.2) is 5.84 Å². The van der Waals surface area contributed by atoms with E-state index in [1.54, 1.807) is 18.8 Å². The first-order valence-corrected chi connectivity index (χ1v) is 8.93. The second-order valence-corrected chi connectivity index (χ2v) is 6.08. The molecule has 0 amide bonds. The minimum Gasteiger partial charge on any atom is -0.464 e. The van der Waals surface area contributed by atoms with E-state index in [2.05, 4.69) is 29.1 Å². The highest BCUT2D eigenvalue weighted by Crippen LogP contribution is 2.16. The maximum Gasteiger partial charge on any atom is 0.259 e. The van der Waals surface area contributed by atoms with E-state index >= 15 is 0 Å². The van der Waals surface area contributed by atoms with Gasteiger partial charge in [-0.2, -0.15) is 11.8 Å². The van der Waals surface area contributed by atoms with Crippen molar-refractivity contribution in [2.24, 2.45) is 4.99 Å². The molecule has 1 rings (SSSR count). The monoisotopic (exact) mass is 342 g/mol. The molecule has 0 aliphatic rings. The van der Waals surface area contributed by atoms with E-state index in [1.165, 1.54) is 0 Å². The van der Waals surface area contributed by atoms with Crippen molar-refractivity contribution in [3.8, 4) is 0 Å². The van der Waals surface area contributed by atoms with Gasteiger partial charge in [-0.15, -0.1) is 0 Å². The Labute approximate surface area is 141 Å². The number of furan rings is 1. The van der Waals surface area contributed by atoms with Gasteiger partial charge in [0.05, 0.1) is 12.3 Å². The first-order valence-electron chi connectivity index (χ1n) is 7.78. The maximum absolute atomic E-state index is 10.4. The van der Waals surface area contributed by atoms with Gasteiger partial charge in [-0.3, -0.25) is 20.0 Å². The van der Waals surface area contributed by atoms with E-state index in [1.807, 2.05) is 12.1 Å². The molecule has 0 radical (unpaired) electrons. The van der Waals surface area contributed by atoms with Crippen LogP contribution in [-0.2, 0) is 12.3 Å². The normalized spacial score (nSPS) is 11.9. The number of nitro groups is 1. The van der Waals surface area contributed by atoms with Crippen LogP contribution in [0.3, 0.4) is 0 Å². The van der Waals surface area contributed by atoms with Crippen molar-refractivity contribution in [3.63, 3.8) is 0 Å². The third-order valence-corrected chi connectivity index (χ3v) is 4.34. The van der Waals surface area contributed by atoms with Crippen LogP contribution in [0.2, 0.25) is 0 Å². The highest BCUT2D eigenvalue weighted by Gasteiger charge is 2.07. The Morgan fingerprint density at radius 1 is 1.39 bits per heavy atom. The maximum atomic E-state index is 10.4. The van der Waals surface area contributed by atoms with Crippen molar-refractivity contribution in [1.82, 2.24) is 10.2 Å². The standard InChI is InChI=1S/C15H26N4O3S/c1-4-18(5-2)10-13-6-7-14(22-13)12-23-9-8-17-15(16-3)11-19(20)21/h6-7H,4-5,8-12H2,1-3H3,(H,16,17). The Morgan fingerprint density at radius 3 is 2.70 bits per heavy atom. The Morgan fingerprint density at radius 2 is 2.09 bits per heavy atom. The number of hydrogen-bond donors (Lipinski definition) is 1. The highest BCUT2D eigenvalue weighted by atomic mass is 32.2. The minimum absolute atomic E-state index is 0.256. The molecule has 1 heterocycles. The lowest BCUT2D eigenvalue weighted by Crippen LogP contribution is -2.31. The molecule has 0 saturated carbocycles. The van der Waals surface area contributed by atoms with E-state index in [0.717, 1.165) is 42.7 Å². The topological polar surface area (TPSA) is 83.9 Å². The molecule has 0 unspecified atom stereocenters. The quantitative estimate of drug-likeness (QED) is 0.218. The van der Waals surface area contributed by atoms with Crippen molar-refractivity contribution in [2.45, 2.75) is 26.1 Å². The molecule has 1 N–H and O–H groups in total. The molecule has 0 spiro atoms. The van der Waals surface area contributed by atoms with Gasteiger partial charge in [-0.1, -0.05) is 13.8 Å². The third kappa shape index (κ3) is 8.03. The first kappa shape index (κ1) is 19.5. The number of rotatable bonds is 11. The van der Waals surface area contributed by atoms with E-state index in [-0.39, 0.29) is 11.5 Å². The number of thioether (sulfide) groups is 1. The van der Waals surface area contributed by atoms with Gasteiger partial charge in [0.1, 0.15) is 11.5 Å². The number of aliphatic imine (C=N–C) groups is 1. The van der Waals surface area contributed by atoms with Gasteiger partial charge in [-0.25, -0.2) is 0 Å². The Balaban J connectivity index is 2.23. The molecule has 0 bridgehead atoms. The summed E-state index contributed by atoms with van der Waals surface area (Å²) < 4.78 is 5.82. The van der Waals surface area contributed by atoms with Gasteiger partial charge in [-0.05, 0) is 25.2 Å². The van der Waals surface area contributed by atoms with E-state index in [0.29, 0.717) is 12.4 Å². The molecular formula is C15H26N4O3S.